The van der Waals surface area contributed by atoms with Gasteiger partial charge in [-0.2, -0.15) is 0 Å². The second-order valence-electron chi connectivity index (χ2n) is 4.51. The van der Waals surface area contributed by atoms with Gasteiger partial charge < -0.3 is 20.5 Å². The van der Waals surface area contributed by atoms with Gasteiger partial charge in [-0.1, -0.05) is 0 Å². The zero-order chi connectivity index (χ0) is 13.2. The van der Waals surface area contributed by atoms with Crippen molar-refractivity contribution in [2.75, 3.05) is 20.8 Å². The van der Waals surface area contributed by atoms with E-state index in [4.69, 9.17) is 15.2 Å². The van der Waals surface area contributed by atoms with Crippen molar-refractivity contribution < 1.29 is 14.3 Å². The zero-order valence-corrected chi connectivity index (χ0v) is 10.7. The summed E-state index contributed by atoms with van der Waals surface area (Å²) in [5.74, 6) is 1.02. The lowest BCUT2D eigenvalue weighted by molar-refractivity contribution is 0.0932. The van der Waals surface area contributed by atoms with Crippen molar-refractivity contribution in [3.63, 3.8) is 0 Å². The maximum Gasteiger partial charge on any atom is 0.251 e. The zero-order valence-electron chi connectivity index (χ0n) is 10.7. The average molecular weight is 250 g/mol. The third kappa shape index (κ3) is 2.41. The Labute approximate surface area is 106 Å². The molecule has 0 spiro atoms. The van der Waals surface area contributed by atoms with Crippen molar-refractivity contribution in [3.05, 3.63) is 23.8 Å². The van der Waals surface area contributed by atoms with Crippen molar-refractivity contribution in [1.82, 2.24) is 5.32 Å². The minimum absolute atomic E-state index is 0.126. The molecule has 5 nitrogen and oxygen atoms in total. The first kappa shape index (κ1) is 12.7. The summed E-state index contributed by atoms with van der Waals surface area (Å²) in [5, 5.41) is 2.96. The molecule has 0 saturated heterocycles. The summed E-state index contributed by atoms with van der Waals surface area (Å²) in [7, 11) is 3.10. The first-order valence-electron chi connectivity index (χ1n) is 5.89. The summed E-state index contributed by atoms with van der Waals surface area (Å²) >= 11 is 0. The van der Waals surface area contributed by atoms with Gasteiger partial charge in [0, 0.05) is 12.1 Å². The maximum atomic E-state index is 12.1. The van der Waals surface area contributed by atoms with Crippen LogP contribution in [0.2, 0.25) is 0 Å². The fourth-order valence-corrected chi connectivity index (χ4v) is 1.82. The molecule has 1 aromatic carbocycles. The van der Waals surface area contributed by atoms with E-state index < -0.39 is 0 Å². The normalized spacial score (nSPS) is 15.9. The highest BCUT2D eigenvalue weighted by molar-refractivity contribution is 5.95. The van der Waals surface area contributed by atoms with Gasteiger partial charge in [0.2, 0.25) is 0 Å². The van der Waals surface area contributed by atoms with Crippen molar-refractivity contribution in [1.29, 1.82) is 0 Å². The first-order valence-corrected chi connectivity index (χ1v) is 5.89. The third-order valence-corrected chi connectivity index (χ3v) is 3.27. The molecule has 2 rings (SSSR count). The Morgan fingerprint density at radius 2 is 2.00 bits per heavy atom. The highest BCUT2D eigenvalue weighted by Crippen LogP contribution is 2.34. The minimum atomic E-state index is -0.190. The lowest BCUT2D eigenvalue weighted by Crippen LogP contribution is -2.42. The monoisotopic (exact) mass is 250 g/mol. The molecule has 98 valence electrons. The Hall–Kier alpha value is -1.75. The number of hydrogen-bond acceptors (Lipinski definition) is 4. The molecule has 5 heteroatoms. The number of amides is 1. The Morgan fingerprint density at radius 1 is 1.33 bits per heavy atom. The highest BCUT2D eigenvalue weighted by Gasteiger charge is 2.42. The van der Waals surface area contributed by atoms with E-state index in [9.17, 15) is 4.79 Å². The van der Waals surface area contributed by atoms with Crippen LogP contribution in [0.5, 0.6) is 11.5 Å². The van der Waals surface area contributed by atoms with Crippen molar-refractivity contribution in [3.8, 4) is 11.5 Å². The molecule has 0 radical (unpaired) electrons. The molecule has 0 atom stereocenters. The summed E-state index contributed by atoms with van der Waals surface area (Å²) in [4.78, 5) is 12.1. The number of hydrogen-bond donors (Lipinski definition) is 2. The molecule has 0 aromatic heterocycles. The van der Waals surface area contributed by atoms with Gasteiger partial charge in [0.05, 0.1) is 19.8 Å². The van der Waals surface area contributed by atoms with E-state index in [1.165, 1.54) is 0 Å². The van der Waals surface area contributed by atoms with Gasteiger partial charge in [0.25, 0.3) is 5.91 Å². The topological polar surface area (TPSA) is 73.6 Å². The van der Waals surface area contributed by atoms with Crippen LogP contribution in [-0.4, -0.2) is 32.2 Å². The van der Waals surface area contributed by atoms with Crippen LogP contribution in [0.3, 0.4) is 0 Å². The number of nitrogens with two attached hydrogens (primary N) is 1. The van der Waals surface area contributed by atoms with Crippen LogP contribution in [0.1, 0.15) is 23.2 Å². The van der Waals surface area contributed by atoms with Gasteiger partial charge in [0.15, 0.2) is 11.5 Å². The molecule has 1 aliphatic rings. The molecule has 0 heterocycles. The molecular formula is C13H18N2O3. The van der Waals surface area contributed by atoms with Gasteiger partial charge in [-0.3, -0.25) is 4.79 Å². The first-order chi connectivity index (χ1) is 8.64. The predicted octanol–water partition coefficient (Wildman–Crippen LogP) is 0.925. The second kappa shape index (κ2) is 4.86. The number of benzene rings is 1. The summed E-state index contributed by atoms with van der Waals surface area (Å²) in [6.07, 6.45) is 1.89. The van der Waals surface area contributed by atoms with E-state index in [2.05, 4.69) is 5.32 Å². The minimum Gasteiger partial charge on any atom is -0.493 e. The average Bonchev–Trinajstić information content (AvgIpc) is 3.18. The Balaban J connectivity index is 2.15. The lowest BCUT2D eigenvalue weighted by Gasteiger charge is -2.15. The molecule has 1 saturated carbocycles. The van der Waals surface area contributed by atoms with E-state index >= 15 is 0 Å². The smallest absolute Gasteiger partial charge is 0.251 e. The molecule has 1 aliphatic carbocycles. The molecule has 0 aliphatic heterocycles. The number of carbonyl (C=O) groups is 1. The number of nitrogens with one attached hydrogen (secondary N) is 1. The van der Waals surface area contributed by atoms with Gasteiger partial charge >= 0.3 is 0 Å². The van der Waals surface area contributed by atoms with Crippen molar-refractivity contribution in [2.45, 2.75) is 18.4 Å². The fraction of sp³-hybridized carbons (Fsp3) is 0.462. The molecule has 1 aromatic rings. The molecule has 18 heavy (non-hydrogen) atoms. The van der Waals surface area contributed by atoms with E-state index in [1.54, 1.807) is 32.4 Å². The van der Waals surface area contributed by atoms with Crippen LogP contribution >= 0.6 is 0 Å². The van der Waals surface area contributed by atoms with E-state index in [-0.39, 0.29) is 11.4 Å². The van der Waals surface area contributed by atoms with Crippen LogP contribution in [0.4, 0.5) is 0 Å². The van der Waals surface area contributed by atoms with Gasteiger partial charge in [0.1, 0.15) is 0 Å². The molecule has 1 fully saturated rings. The summed E-state index contributed by atoms with van der Waals surface area (Å²) < 4.78 is 10.3. The van der Waals surface area contributed by atoms with Gasteiger partial charge in [-0.15, -0.1) is 0 Å². The molecule has 0 bridgehead atoms. The number of carbonyl (C=O) groups excluding carboxylic acids is 1. The maximum absolute atomic E-state index is 12.1. The second-order valence-corrected chi connectivity index (χ2v) is 4.51. The number of ether oxygens (including phenoxy) is 2. The molecule has 0 unspecified atom stereocenters. The SMILES string of the molecule is COc1ccc(C(=O)NC2(CN)CC2)cc1OC. The summed E-state index contributed by atoms with van der Waals surface area (Å²) in [6, 6.07) is 5.10. The highest BCUT2D eigenvalue weighted by atomic mass is 16.5. The van der Waals surface area contributed by atoms with Crippen molar-refractivity contribution in [2.24, 2.45) is 5.73 Å². The van der Waals surface area contributed by atoms with E-state index in [0.717, 1.165) is 12.8 Å². The van der Waals surface area contributed by atoms with Crippen LogP contribution in [0.15, 0.2) is 18.2 Å². The fourth-order valence-electron chi connectivity index (χ4n) is 1.82. The van der Waals surface area contributed by atoms with E-state index in [0.29, 0.717) is 23.6 Å². The predicted molar refractivity (Wildman–Crippen MR) is 68.0 cm³/mol. The van der Waals surface area contributed by atoms with Crippen LogP contribution in [0, 0.1) is 0 Å². The quantitative estimate of drug-likeness (QED) is 0.815. The Kier molecular flexibility index (Phi) is 3.43. The van der Waals surface area contributed by atoms with Crippen LogP contribution < -0.4 is 20.5 Å². The van der Waals surface area contributed by atoms with Gasteiger partial charge in [-0.05, 0) is 31.0 Å². The van der Waals surface area contributed by atoms with Crippen LogP contribution in [-0.2, 0) is 0 Å². The number of rotatable bonds is 5. The van der Waals surface area contributed by atoms with Gasteiger partial charge in [-0.25, -0.2) is 0 Å². The van der Waals surface area contributed by atoms with Crippen LogP contribution in [0.25, 0.3) is 0 Å². The van der Waals surface area contributed by atoms with Crippen molar-refractivity contribution >= 4 is 5.91 Å². The Morgan fingerprint density at radius 3 is 2.50 bits per heavy atom. The Bertz CT molecular complexity index is 456. The summed E-state index contributed by atoms with van der Waals surface area (Å²) in [5.41, 5.74) is 6.00. The number of methoxy groups -OCH3 is 2. The molecule has 1 amide bonds. The largest absolute Gasteiger partial charge is 0.493 e. The molecule has 3 N–H and O–H groups in total. The third-order valence-electron chi connectivity index (χ3n) is 3.27. The van der Waals surface area contributed by atoms with E-state index in [1.807, 2.05) is 0 Å². The molecular weight excluding hydrogens is 232 g/mol. The summed E-state index contributed by atoms with van der Waals surface area (Å²) in [6.45, 7) is 0.478. The standard InChI is InChI=1S/C13H18N2O3/c1-17-10-4-3-9(7-11(10)18-2)12(16)15-13(8-14)5-6-13/h3-4,7H,5-6,8,14H2,1-2H3,(H,15,16). The lowest BCUT2D eigenvalue weighted by atomic mass is 10.1.